The van der Waals surface area contributed by atoms with Crippen molar-refractivity contribution in [2.75, 3.05) is 26.2 Å². The fourth-order valence-corrected chi connectivity index (χ4v) is 3.12. The Morgan fingerprint density at radius 1 is 1.17 bits per heavy atom. The SMILES string of the molecule is CCNC(=NCc1ccccc1CN(CC)CC)NCC(C)(O)c1cnn(C)c1. The molecule has 29 heavy (non-hydrogen) atoms. The van der Waals surface area contributed by atoms with Crippen LogP contribution in [0.15, 0.2) is 41.7 Å². The maximum atomic E-state index is 10.8. The largest absolute Gasteiger partial charge is 0.383 e. The first-order valence-corrected chi connectivity index (χ1v) is 10.4. The first-order valence-electron chi connectivity index (χ1n) is 10.4. The smallest absolute Gasteiger partial charge is 0.191 e. The van der Waals surface area contributed by atoms with Crippen LogP contribution in [-0.2, 0) is 25.7 Å². The lowest BCUT2D eigenvalue weighted by atomic mass is 10.00. The fraction of sp³-hybridized carbons (Fsp3) is 0.545. The number of benzene rings is 1. The molecule has 0 aliphatic carbocycles. The summed E-state index contributed by atoms with van der Waals surface area (Å²) in [7, 11) is 1.84. The number of aliphatic hydroxyl groups is 1. The third-order valence-corrected chi connectivity index (χ3v) is 5.09. The van der Waals surface area contributed by atoms with E-state index in [0.717, 1.165) is 31.7 Å². The lowest BCUT2D eigenvalue weighted by molar-refractivity contribution is 0.0616. The van der Waals surface area contributed by atoms with Gasteiger partial charge < -0.3 is 15.7 Å². The van der Waals surface area contributed by atoms with Gasteiger partial charge in [0.1, 0.15) is 5.60 Å². The highest BCUT2D eigenvalue weighted by Gasteiger charge is 2.25. The number of hydrogen-bond donors (Lipinski definition) is 3. The van der Waals surface area contributed by atoms with Crippen LogP contribution in [0, 0.1) is 0 Å². The van der Waals surface area contributed by atoms with Crippen LogP contribution < -0.4 is 10.6 Å². The molecule has 0 saturated heterocycles. The van der Waals surface area contributed by atoms with E-state index >= 15 is 0 Å². The summed E-state index contributed by atoms with van der Waals surface area (Å²) in [6.45, 7) is 12.8. The molecular formula is C22H36N6O. The average molecular weight is 401 g/mol. The van der Waals surface area contributed by atoms with Gasteiger partial charge in [-0.2, -0.15) is 5.10 Å². The monoisotopic (exact) mass is 400 g/mol. The van der Waals surface area contributed by atoms with Crippen LogP contribution in [0.1, 0.15) is 44.4 Å². The molecule has 1 aromatic heterocycles. The number of rotatable bonds is 10. The van der Waals surface area contributed by atoms with Gasteiger partial charge in [0.15, 0.2) is 5.96 Å². The van der Waals surface area contributed by atoms with E-state index in [4.69, 9.17) is 4.99 Å². The van der Waals surface area contributed by atoms with Crippen LogP contribution in [0.25, 0.3) is 0 Å². The molecule has 0 radical (unpaired) electrons. The van der Waals surface area contributed by atoms with Crippen molar-refractivity contribution in [2.45, 2.75) is 46.4 Å². The molecule has 0 saturated carbocycles. The lowest BCUT2D eigenvalue weighted by Crippen LogP contribution is -2.44. The Morgan fingerprint density at radius 3 is 2.45 bits per heavy atom. The Bertz CT molecular complexity index is 779. The molecule has 160 valence electrons. The Labute approximate surface area is 174 Å². The van der Waals surface area contributed by atoms with Gasteiger partial charge in [-0.25, -0.2) is 4.99 Å². The van der Waals surface area contributed by atoms with Gasteiger partial charge in [-0.05, 0) is 38.1 Å². The molecule has 1 unspecified atom stereocenters. The molecule has 0 fully saturated rings. The predicted octanol–water partition coefficient (Wildman–Crippen LogP) is 2.22. The van der Waals surface area contributed by atoms with Crippen LogP contribution in [0.2, 0.25) is 0 Å². The molecule has 7 heteroatoms. The van der Waals surface area contributed by atoms with Crippen LogP contribution >= 0.6 is 0 Å². The predicted molar refractivity (Wildman–Crippen MR) is 119 cm³/mol. The Balaban J connectivity index is 2.07. The summed E-state index contributed by atoms with van der Waals surface area (Å²) >= 11 is 0. The highest BCUT2D eigenvalue weighted by molar-refractivity contribution is 5.79. The lowest BCUT2D eigenvalue weighted by Gasteiger charge is -2.24. The first-order chi connectivity index (χ1) is 13.9. The number of nitrogens with one attached hydrogen (secondary N) is 2. The van der Waals surface area contributed by atoms with Crippen molar-refractivity contribution < 1.29 is 5.11 Å². The van der Waals surface area contributed by atoms with Gasteiger partial charge in [0.05, 0.1) is 19.3 Å². The van der Waals surface area contributed by atoms with Gasteiger partial charge >= 0.3 is 0 Å². The Morgan fingerprint density at radius 2 is 1.86 bits per heavy atom. The molecule has 2 aromatic rings. The van der Waals surface area contributed by atoms with E-state index in [1.165, 1.54) is 11.1 Å². The average Bonchev–Trinajstić information content (AvgIpc) is 3.16. The standard InChI is InChI=1S/C22H36N6O/c1-6-23-21(25-17-22(4,29)20-14-26-27(5)16-20)24-13-18-11-9-10-12-19(18)15-28(7-2)8-3/h9-12,14,16,29H,6-8,13,15,17H2,1-5H3,(H2,23,24,25). The van der Waals surface area contributed by atoms with Crippen molar-refractivity contribution in [3.63, 3.8) is 0 Å². The third-order valence-electron chi connectivity index (χ3n) is 5.09. The molecule has 3 N–H and O–H groups in total. The Kier molecular flexibility index (Phi) is 8.67. The van der Waals surface area contributed by atoms with Crippen LogP contribution in [0.3, 0.4) is 0 Å². The second-order valence-electron chi connectivity index (χ2n) is 7.46. The summed E-state index contributed by atoms with van der Waals surface area (Å²) in [5.41, 5.74) is 2.26. The van der Waals surface area contributed by atoms with E-state index in [9.17, 15) is 5.11 Å². The van der Waals surface area contributed by atoms with Crippen molar-refractivity contribution in [1.82, 2.24) is 25.3 Å². The minimum atomic E-state index is -1.04. The van der Waals surface area contributed by atoms with Gasteiger partial charge in [0.25, 0.3) is 0 Å². The molecule has 0 amide bonds. The topological polar surface area (TPSA) is 77.7 Å². The van der Waals surface area contributed by atoms with Crippen molar-refractivity contribution in [1.29, 1.82) is 0 Å². The number of aryl methyl sites for hydroxylation is 1. The minimum Gasteiger partial charge on any atom is -0.383 e. The molecule has 7 nitrogen and oxygen atoms in total. The molecule has 0 aliphatic rings. The minimum absolute atomic E-state index is 0.339. The van der Waals surface area contributed by atoms with Crippen molar-refractivity contribution in [3.8, 4) is 0 Å². The summed E-state index contributed by atoms with van der Waals surface area (Å²) in [4.78, 5) is 7.15. The van der Waals surface area contributed by atoms with Gasteiger partial charge in [0, 0.05) is 31.9 Å². The molecule has 0 spiro atoms. The highest BCUT2D eigenvalue weighted by atomic mass is 16.3. The van der Waals surface area contributed by atoms with E-state index in [1.807, 2.05) is 20.2 Å². The molecule has 1 heterocycles. The van der Waals surface area contributed by atoms with Gasteiger partial charge in [-0.1, -0.05) is 38.1 Å². The molecule has 2 rings (SSSR count). The summed E-state index contributed by atoms with van der Waals surface area (Å²) < 4.78 is 1.69. The van der Waals surface area contributed by atoms with Crippen molar-refractivity contribution in [2.24, 2.45) is 12.0 Å². The quantitative estimate of drug-likeness (QED) is 0.421. The van der Waals surface area contributed by atoms with E-state index in [0.29, 0.717) is 19.0 Å². The molecule has 0 aliphatic heterocycles. The first kappa shape index (κ1) is 22.9. The summed E-state index contributed by atoms with van der Waals surface area (Å²) in [5, 5.41) is 21.5. The third kappa shape index (κ3) is 6.87. The van der Waals surface area contributed by atoms with E-state index in [-0.39, 0.29) is 0 Å². The van der Waals surface area contributed by atoms with E-state index in [1.54, 1.807) is 17.8 Å². The van der Waals surface area contributed by atoms with Gasteiger partial charge in [-0.3, -0.25) is 9.58 Å². The van der Waals surface area contributed by atoms with E-state index in [2.05, 4.69) is 58.7 Å². The molecular weight excluding hydrogens is 364 g/mol. The molecule has 1 atom stereocenters. The van der Waals surface area contributed by atoms with Crippen LogP contribution in [0.4, 0.5) is 0 Å². The summed E-state index contributed by atoms with van der Waals surface area (Å²) in [6, 6.07) is 8.46. The fourth-order valence-electron chi connectivity index (χ4n) is 3.12. The van der Waals surface area contributed by atoms with Crippen LogP contribution in [0.5, 0.6) is 0 Å². The highest BCUT2D eigenvalue weighted by Crippen LogP contribution is 2.18. The maximum absolute atomic E-state index is 10.8. The zero-order valence-electron chi connectivity index (χ0n) is 18.4. The van der Waals surface area contributed by atoms with Crippen molar-refractivity contribution in [3.05, 3.63) is 53.3 Å². The number of aromatic nitrogens is 2. The second-order valence-corrected chi connectivity index (χ2v) is 7.46. The number of aliphatic imine (C=N–C) groups is 1. The number of guanidine groups is 1. The second kappa shape index (κ2) is 11.0. The van der Waals surface area contributed by atoms with Crippen LogP contribution in [-0.4, -0.2) is 51.9 Å². The number of hydrogen-bond acceptors (Lipinski definition) is 4. The molecule has 1 aromatic carbocycles. The zero-order valence-corrected chi connectivity index (χ0v) is 18.4. The zero-order chi connectivity index (χ0) is 21.3. The normalized spacial score (nSPS) is 14.1. The Hall–Kier alpha value is -2.38. The maximum Gasteiger partial charge on any atom is 0.191 e. The van der Waals surface area contributed by atoms with E-state index < -0.39 is 5.60 Å². The molecule has 0 bridgehead atoms. The van der Waals surface area contributed by atoms with Gasteiger partial charge in [0.2, 0.25) is 0 Å². The number of nitrogens with zero attached hydrogens (tertiary/aromatic N) is 4. The summed E-state index contributed by atoms with van der Waals surface area (Å²) in [6.07, 6.45) is 3.52. The van der Waals surface area contributed by atoms with Gasteiger partial charge in [-0.15, -0.1) is 0 Å². The summed E-state index contributed by atoms with van der Waals surface area (Å²) in [5.74, 6) is 0.689. The van der Waals surface area contributed by atoms with Crippen molar-refractivity contribution >= 4 is 5.96 Å².